The summed E-state index contributed by atoms with van der Waals surface area (Å²) in [6, 6.07) is 5.64. The van der Waals surface area contributed by atoms with Gasteiger partial charge in [-0.1, -0.05) is 15.9 Å². The quantitative estimate of drug-likeness (QED) is 0.938. The molecule has 0 fully saturated rings. The summed E-state index contributed by atoms with van der Waals surface area (Å²) >= 11 is 3.38. The van der Waals surface area contributed by atoms with Crippen LogP contribution in [0.3, 0.4) is 0 Å². The number of nitrogens with one attached hydrogen (secondary N) is 1. The van der Waals surface area contributed by atoms with Crippen molar-refractivity contribution in [1.82, 2.24) is 15.5 Å². The molecule has 17 heavy (non-hydrogen) atoms. The molecule has 0 saturated carbocycles. The molecule has 2 aromatic rings. The number of nitrogens with zero attached hydrogens (tertiary/aromatic N) is 2. The maximum atomic E-state index is 5.51. The highest BCUT2D eigenvalue weighted by Crippen LogP contribution is 2.31. The Bertz CT molecular complexity index is 513. The molecule has 2 rings (SSSR count). The Morgan fingerprint density at radius 3 is 2.94 bits per heavy atom. The smallest absolute Gasteiger partial charge is 0.251 e. The van der Waals surface area contributed by atoms with E-state index in [4.69, 9.17) is 9.15 Å². The van der Waals surface area contributed by atoms with Crippen molar-refractivity contribution in [2.24, 2.45) is 0 Å². The Morgan fingerprint density at radius 1 is 1.41 bits per heavy atom. The Labute approximate surface area is 107 Å². The first kappa shape index (κ1) is 12.1. The Balaban J connectivity index is 2.37. The van der Waals surface area contributed by atoms with E-state index in [0.29, 0.717) is 24.1 Å². The molecule has 0 atom stereocenters. The van der Waals surface area contributed by atoms with Gasteiger partial charge in [0, 0.05) is 4.47 Å². The summed E-state index contributed by atoms with van der Waals surface area (Å²) in [5.74, 6) is 1.70. The highest BCUT2D eigenvalue weighted by molar-refractivity contribution is 9.10. The first-order valence-electron chi connectivity index (χ1n) is 5.05. The van der Waals surface area contributed by atoms with Crippen molar-refractivity contribution in [3.8, 4) is 17.2 Å². The van der Waals surface area contributed by atoms with Gasteiger partial charge in [0.1, 0.15) is 5.75 Å². The molecule has 0 amide bonds. The van der Waals surface area contributed by atoms with Gasteiger partial charge in [-0.15, -0.1) is 10.2 Å². The number of hydrogen-bond acceptors (Lipinski definition) is 5. The zero-order valence-corrected chi connectivity index (χ0v) is 11.1. The molecule has 0 spiro atoms. The Morgan fingerprint density at radius 2 is 2.24 bits per heavy atom. The van der Waals surface area contributed by atoms with E-state index in [-0.39, 0.29) is 0 Å². The van der Waals surface area contributed by atoms with Crippen molar-refractivity contribution in [2.75, 3.05) is 14.2 Å². The van der Waals surface area contributed by atoms with E-state index in [0.717, 1.165) is 10.0 Å². The topological polar surface area (TPSA) is 60.2 Å². The van der Waals surface area contributed by atoms with Crippen molar-refractivity contribution in [1.29, 1.82) is 0 Å². The lowest BCUT2D eigenvalue weighted by Gasteiger charge is -2.04. The van der Waals surface area contributed by atoms with Crippen molar-refractivity contribution in [2.45, 2.75) is 6.54 Å². The van der Waals surface area contributed by atoms with Crippen molar-refractivity contribution in [3.63, 3.8) is 0 Å². The largest absolute Gasteiger partial charge is 0.496 e. The van der Waals surface area contributed by atoms with Gasteiger partial charge >= 0.3 is 0 Å². The summed E-state index contributed by atoms with van der Waals surface area (Å²) in [4.78, 5) is 0. The number of rotatable bonds is 4. The van der Waals surface area contributed by atoms with Gasteiger partial charge in [0.05, 0.1) is 19.2 Å². The summed E-state index contributed by atoms with van der Waals surface area (Å²) in [6.07, 6.45) is 0. The molecule has 5 nitrogen and oxygen atoms in total. The van der Waals surface area contributed by atoms with Crippen LogP contribution in [-0.2, 0) is 6.54 Å². The lowest BCUT2D eigenvalue weighted by atomic mass is 10.2. The summed E-state index contributed by atoms with van der Waals surface area (Å²) in [6.45, 7) is 0.547. The van der Waals surface area contributed by atoms with Gasteiger partial charge in [-0.25, -0.2) is 0 Å². The summed E-state index contributed by atoms with van der Waals surface area (Å²) in [5.41, 5.74) is 0.783. The van der Waals surface area contributed by atoms with Crippen LogP contribution in [0.5, 0.6) is 5.75 Å². The minimum atomic E-state index is 0.458. The van der Waals surface area contributed by atoms with E-state index < -0.39 is 0 Å². The first-order valence-corrected chi connectivity index (χ1v) is 5.84. The van der Waals surface area contributed by atoms with Gasteiger partial charge in [-0.3, -0.25) is 0 Å². The molecule has 0 aliphatic heterocycles. The van der Waals surface area contributed by atoms with E-state index in [1.54, 1.807) is 7.11 Å². The molecule has 0 saturated heterocycles. The molecule has 90 valence electrons. The number of methoxy groups -OCH3 is 1. The van der Waals surface area contributed by atoms with Gasteiger partial charge in [-0.05, 0) is 25.2 Å². The van der Waals surface area contributed by atoms with Crippen LogP contribution in [0.2, 0.25) is 0 Å². The normalized spacial score (nSPS) is 10.5. The van der Waals surface area contributed by atoms with Crippen molar-refractivity contribution in [3.05, 3.63) is 28.6 Å². The Kier molecular flexibility index (Phi) is 3.75. The third-order valence-electron chi connectivity index (χ3n) is 2.19. The predicted octanol–water partition coefficient (Wildman–Crippen LogP) is 2.23. The second-order valence-electron chi connectivity index (χ2n) is 3.38. The molecule has 0 radical (unpaired) electrons. The van der Waals surface area contributed by atoms with Gasteiger partial charge in [0.2, 0.25) is 5.89 Å². The first-order chi connectivity index (χ1) is 8.24. The van der Waals surface area contributed by atoms with Crippen LogP contribution in [0.15, 0.2) is 27.1 Å². The minimum absolute atomic E-state index is 0.458. The molecule has 6 heteroatoms. The highest BCUT2D eigenvalue weighted by Gasteiger charge is 2.13. The fraction of sp³-hybridized carbons (Fsp3) is 0.273. The molecule has 0 unspecified atom stereocenters. The van der Waals surface area contributed by atoms with Crippen LogP contribution < -0.4 is 10.1 Å². The van der Waals surface area contributed by atoms with E-state index in [1.165, 1.54) is 0 Å². The van der Waals surface area contributed by atoms with Crippen LogP contribution >= 0.6 is 15.9 Å². The van der Waals surface area contributed by atoms with E-state index in [1.807, 2.05) is 25.2 Å². The molecule has 1 aromatic heterocycles. The fourth-order valence-electron chi connectivity index (χ4n) is 1.43. The SMILES string of the molecule is CNCc1nnc(-c2ccc(Br)cc2OC)o1. The summed E-state index contributed by atoms with van der Waals surface area (Å²) in [7, 11) is 3.43. The highest BCUT2D eigenvalue weighted by atomic mass is 79.9. The molecule has 0 bridgehead atoms. The predicted molar refractivity (Wildman–Crippen MR) is 66.7 cm³/mol. The fourth-order valence-corrected chi connectivity index (χ4v) is 1.77. The number of aromatic nitrogens is 2. The molecule has 1 aromatic carbocycles. The van der Waals surface area contributed by atoms with Crippen molar-refractivity contribution >= 4 is 15.9 Å². The third-order valence-corrected chi connectivity index (χ3v) is 2.68. The number of ether oxygens (including phenoxy) is 1. The Hall–Kier alpha value is -1.40. The van der Waals surface area contributed by atoms with Gasteiger partial charge < -0.3 is 14.5 Å². The van der Waals surface area contributed by atoms with Crippen LogP contribution in [0.1, 0.15) is 5.89 Å². The second kappa shape index (κ2) is 5.29. The van der Waals surface area contributed by atoms with Crippen LogP contribution in [-0.4, -0.2) is 24.4 Å². The molecule has 0 aliphatic carbocycles. The average Bonchev–Trinajstić information content (AvgIpc) is 2.78. The summed E-state index contributed by atoms with van der Waals surface area (Å²) < 4.78 is 11.7. The van der Waals surface area contributed by atoms with E-state index >= 15 is 0 Å². The lowest BCUT2D eigenvalue weighted by molar-refractivity contribution is 0.413. The van der Waals surface area contributed by atoms with Gasteiger partial charge in [-0.2, -0.15) is 0 Å². The minimum Gasteiger partial charge on any atom is -0.496 e. The maximum Gasteiger partial charge on any atom is 0.251 e. The zero-order valence-electron chi connectivity index (χ0n) is 9.53. The molecule has 1 heterocycles. The van der Waals surface area contributed by atoms with Crippen molar-refractivity contribution < 1.29 is 9.15 Å². The third kappa shape index (κ3) is 2.65. The molecule has 0 aliphatic rings. The number of halogens is 1. The van der Waals surface area contributed by atoms with Crippen LogP contribution in [0.25, 0.3) is 11.5 Å². The van der Waals surface area contributed by atoms with Crippen LogP contribution in [0.4, 0.5) is 0 Å². The van der Waals surface area contributed by atoms with Crippen LogP contribution in [0, 0.1) is 0 Å². The molecule has 1 N–H and O–H groups in total. The molecular weight excluding hydrogens is 286 g/mol. The monoisotopic (exact) mass is 297 g/mol. The maximum absolute atomic E-state index is 5.51. The van der Waals surface area contributed by atoms with Gasteiger partial charge in [0.25, 0.3) is 5.89 Å². The zero-order chi connectivity index (χ0) is 12.3. The molecular formula is C11H12BrN3O2. The number of hydrogen-bond donors (Lipinski definition) is 1. The van der Waals surface area contributed by atoms with E-state index in [9.17, 15) is 0 Å². The van der Waals surface area contributed by atoms with E-state index in [2.05, 4.69) is 31.4 Å². The second-order valence-corrected chi connectivity index (χ2v) is 4.29. The standard InChI is InChI=1S/C11H12BrN3O2/c1-13-6-10-14-15-11(17-10)8-4-3-7(12)5-9(8)16-2/h3-5,13H,6H2,1-2H3. The van der Waals surface area contributed by atoms with Gasteiger partial charge in [0.15, 0.2) is 0 Å². The summed E-state index contributed by atoms with van der Waals surface area (Å²) in [5, 5.41) is 10.9. The lowest BCUT2D eigenvalue weighted by Crippen LogP contribution is -2.04. The number of benzene rings is 1. The average molecular weight is 298 g/mol.